The standard InChI is InChI=1S/C16H19FN2/c1-10-8-9-15(12(3)11(10)2)19(4)16-13(17)6-5-7-14(16)18/h5-9H,18H2,1-4H3. The minimum atomic E-state index is -0.305. The number of benzene rings is 2. The molecular formula is C16H19FN2. The lowest BCUT2D eigenvalue weighted by Gasteiger charge is -2.25. The molecule has 0 spiro atoms. The fourth-order valence-corrected chi connectivity index (χ4v) is 2.31. The molecular weight excluding hydrogens is 239 g/mol. The number of hydrogen-bond acceptors (Lipinski definition) is 2. The summed E-state index contributed by atoms with van der Waals surface area (Å²) in [6, 6.07) is 8.81. The van der Waals surface area contributed by atoms with Crippen molar-refractivity contribution in [2.24, 2.45) is 0 Å². The molecule has 0 unspecified atom stereocenters. The lowest BCUT2D eigenvalue weighted by atomic mass is 10.0. The topological polar surface area (TPSA) is 29.3 Å². The zero-order chi connectivity index (χ0) is 14.2. The van der Waals surface area contributed by atoms with Crippen LogP contribution >= 0.6 is 0 Å². The normalized spacial score (nSPS) is 10.6. The number of para-hydroxylation sites is 1. The van der Waals surface area contributed by atoms with Crippen molar-refractivity contribution >= 4 is 17.1 Å². The lowest BCUT2D eigenvalue weighted by Crippen LogP contribution is -2.15. The molecule has 3 heteroatoms. The predicted molar refractivity (Wildman–Crippen MR) is 79.5 cm³/mol. The molecule has 0 aliphatic carbocycles. The van der Waals surface area contributed by atoms with Crippen molar-refractivity contribution in [2.45, 2.75) is 20.8 Å². The molecule has 2 aromatic rings. The van der Waals surface area contributed by atoms with Gasteiger partial charge in [0.1, 0.15) is 11.5 Å². The van der Waals surface area contributed by atoms with E-state index in [0.717, 1.165) is 11.3 Å². The van der Waals surface area contributed by atoms with E-state index in [4.69, 9.17) is 5.73 Å². The zero-order valence-electron chi connectivity index (χ0n) is 11.8. The fourth-order valence-electron chi connectivity index (χ4n) is 2.31. The Morgan fingerprint density at radius 3 is 2.32 bits per heavy atom. The van der Waals surface area contributed by atoms with Gasteiger partial charge in [0, 0.05) is 12.7 Å². The first-order valence-electron chi connectivity index (χ1n) is 6.28. The van der Waals surface area contributed by atoms with Gasteiger partial charge in [0.2, 0.25) is 0 Å². The second-order valence-electron chi connectivity index (χ2n) is 4.89. The number of hydrogen-bond donors (Lipinski definition) is 1. The van der Waals surface area contributed by atoms with Crippen LogP contribution in [0, 0.1) is 26.6 Å². The van der Waals surface area contributed by atoms with Crippen LogP contribution < -0.4 is 10.6 Å². The monoisotopic (exact) mass is 258 g/mol. The van der Waals surface area contributed by atoms with Crippen molar-refractivity contribution in [3.8, 4) is 0 Å². The number of nitrogen functional groups attached to an aromatic ring is 1. The molecule has 0 fully saturated rings. The summed E-state index contributed by atoms with van der Waals surface area (Å²) in [6.45, 7) is 6.20. The van der Waals surface area contributed by atoms with Crippen LogP contribution in [0.2, 0.25) is 0 Å². The third-order valence-corrected chi connectivity index (χ3v) is 3.74. The lowest BCUT2D eigenvalue weighted by molar-refractivity contribution is 0.628. The highest BCUT2D eigenvalue weighted by atomic mass is 19.1. The van der Waals surface area contributed by atoms with Crippen molar-refractivity contribution < 1.29 is 4.39 Å². The van der Waals surface area contributed by atoms with Crippen LogP contribution in [0.4, 0.5) is 21.5 Å². The Morgan fingerprint density at radius 2 is 1.68 bits per heavy atom. The van der Waals surface area contributed by atoms with Crippen molar-refractivity contribution in [3.05, 3.63) is 52.8 Å². The van der Waals surface area contributed by atoms with Gasteiger partial charge in [-0.15, -0.1) is 0 Å². The summed E-state index contributed by atoms with van der Waals surface area (Å²) in [4.78, 5) is 1.81. The van der Waals surface area contributed by atoms with E-state index in [0.29, 0.717) is 11.4 Å². The number of aryl methyl sites for hydroxylation is 1. The quantitative estimate of drug-likeness (QED) is 0.822. The number of anilines is 3. The molecule has 2 rings (SSSR count). The molecule has 0 saturated carbocycles. The van der Waals surface area contributed by atoms with Crippen LogP contribution in [-0.2, 0) is 0 Å². The highest BCUT2D eigenvalue weighted by molar-refractivity contribution is 5.76. The molecule has 100 valence electrons. The van der Waals surface area contributed by atoms with Gasteiger partial charge in [-0.25, -0.2) is 4.39 Å². The van der Waals surface area contributed by atoms with Gasteiger partial charge < -0.3 is 10.6 Å². The molecule has 2 nitrogen and oxygen atoms in total. The predicted octanol–water partition coefficient (Wildman–Crippen LogP) is 4.10. The Labute approximate surface area is 113 Å². The Balaban J connectivity index is 2.57. The SMILES string of the molecule is Cc1ccc(N(C)c2c(N)cccc2F)c(C)c1C. The van der Waals surface area contributed by atoms with E-state index in [1.807, 2.05) is 31.0 Å². The van der Waals surface area contributed by atoms with E-state index in [2.05, 4.69) is 13.8 Å². The van der Waals surface area contributed by atoms with Crippen LogP contribution in [0.25, 0.3) is 0 Å². The highest BCUT2D eigenvalue weighted by Crippen LogP contribution is 2.34. The molecule has 0 heterocycles. The molecule has 0 aliphatic rings. The maximum atomic E-state index is 14.0. The first-order chi connectivity index (χ1) is 8.93. The van der Waals surface area contributed by atoms with Gasteiger partial charge in [0.05, 0.1) is 5.69 Å². The van der Waals surface area contributed by atoms with Gasteiger partial charge in [-0.3, -0.25) is 0 Å². The van der Waals surface area contributed by atoms with Gasteiger partial charge in [-0.2, -0.15) is 0 Å². The average molecular weight is 258 g/mol. The summed E-state index contributed by atoms with van der Waals surface area (Å²) in [5, 5.41) is 0. The maximum absolute atomic E-state index is 14.0. The smallest absolute Gasteiger partial charge is 0.148 e. The summed E-state index contributed by atoms with van der Waals surface area (Å²) in [6.07, 6.45) is 0. The molecule has 0 aliphatic heterocycles. The van der Waals surface area contributed by atoms with Crippen molar-refractivity contribution in [3.63, 3.8) is 0 Å². The number of halogens is 1. The first-order valence-corrected chi connectivity index (χ1v) is 6.28. The highest BCUT2D eigenvalue weighted by Gasteiger charge is 2.15. The molecule has 0 amide bonds. The van der Waals surface area contributed by atoms with E-state index >= 15 is 0 Å². The third kappa shape index (κ3) is 2.28. The maximum Gasteiger partial charge on any atom is 0.148 e. The second kappa shape index (κ2) is 4.92. The van der Waals surface area contributed by atoms with E-state index < -0.39 is 0 Å². The number of nitrogens with two attached hydrogens (primary N) is 1. The second-order valence-corrected chi connectivity index (χ2v) is 4.89. The Kier molecular flexibility index (Phi) is 3.47. The van der Waals surface area contributed by atoms with Gasteiger partial charge in [0.25, 0.3) is 0 Å². The fraction of sp³-hybridized carbons (Fsp3) is 0.250. The molecule has 0 radical (unpaired) electrons. The summed E-state index contributed by atoms with van der Waals surface area (Å²) in [5.41, 5.74) is 11.3. The molecule has 0 atom stereocenters. The zero-order valence-corrected chi connectivity index (χ0v) is 11.8. The average Bonchev–Trinajstić information content (AvgIpc) is 2.35. The van der Waals surface area contributed by atoms with Crippen molar-refractivity contribution in [2.75, 3.05) is 17.7 Å². The van der Waals surface area contributed by atoms with E-state index in [-0.39, 0.29) is 5.82 Å². The van der Waals surface area contributed by atoms with Crippen LogP contribution in [-0.4, -0.2) is 7.05 Å². The number of nitrogens with zero attached hydrogens (tertiary/aromatic N) is 1. The van der Waals surface area contributed by atoms with Gasteiger partial charge in [0.15, 0.2) is 0 Å². The minimum absolute atomic E-state index is 0.305. The summed E-state index contributed by atoms with van der Waals surface area (Å²) >= 11 is 0. The number of rotatable bonds is 2. The van der Waals surface area contributed by atoms with E-state index in [9.17, 15) is 4.39 Å². The Hall–Kier alpha value is -2.03. The molecule has 19 heavy (non-hydrogen) atoms. The van der Waals surface area contributed by atoms with E-state index in [1.54, 1.807) is 12.1 Å². The molecule has 0 bridgehead atoms. The first kappa shape index (κ1) is 13.4. The van der Waals surface area contributed by atoms with Crippen LogP contribution in [0.15, 0.2) is 30.3 Å². The Bertz CT molecular complexity index is 600. The molecule has 0 saturated heterocycles. The minimum Gasteiger partial charge on any atom is -0.397 e. The van der Waals surface area contributed by atoms with Gasteiger partial charge in [-0.05, 0) is 55.7 Å². The summed E-state index contributed by atoms with van der Waals surface area (Å²) < 4.78 is 14.0. The molecule has 0 aromatic heterocycles. The van der Waals surface area contributed by atoms with Crippen molar-refractivity contribution in [1.82, 2.24) is 0 Å². The van der Waals surface area contributed by atoms with Gasteiger partial charge >= 0.3 is 0 Å². The Morgan fingerprint density at radius 1 is 1.00 bits per heavy atom. The largest absolute Gasteiger partial charge is 0.397 e. The van der Waals surface area contributed by atoms with Crippen molar-refractivity contribution in [1.29, 1.82) is 0 Å². The van der Waals surface area contributed by atoms with Crippen LogP contribution in [0.3, 0.4) is 0 Å². The van der Waals surface area contributed by atoms with Gasteiger partial charge in [-0.1, -0.05) is 12.1 Å². The van der Waals surface area contributed by atoms with Crippen LogP contribution in [0.1, 0.15) is 16.7 Å². The summed E-state index contributed by atoms with van der Waals surface area (Å²) in [7, 11) is 1.84. The molecule has 2 N–H and O–H groups in total. The third-order valence-electron chi connectivity index (χ3n) is 3.74. The van der Waals surface area contributed by atoms with Crippen LogP contribution in [0.5, 0.6) is 0 Å². The van der Waals surface area contributed by atoms with E-state index in [1.165, 1.54) is 17.2 Å². The molecule has 2 aromatic carbocycles. The summed E-state index contributed by atoms with van der Waals surface area (Å²) in [5.74, 6) is -0.305.